The Balaban J connectivity index is 2.10. The molecule has 1 N–H and O–H groups in total. The summed E-state index contributed by atoms with van der Waals surface area (Å²) in [4.78, 5) is 0. The summed E-state index contributed by atoms with van der Waals surface area (Å²) in [6.45, 7) is 0. The minimum absolute atomic E-state index is 0.842. The first-order valence-electron chi connectivity index (χ1n) is 4.13. The SMILES string of the molecule is O=[S@@](Nc1ccccc1)c1cccs1. The molecule has 0 aliphatic rings. The summed E-state index contributed by atoms with van der Waals surface area (Å²) in [7, 11) is -1.13. The van der Waals surface area contributed by atoms with E-state index in [-0.39, 0.29) is 0 Å². The van der Waals surface area contributed by atoms with Gasteiger partial charge in [0, 0.05) is 5.69 Å². The van der Waals surface area contributed by atoms with Crippen LogP contribution in [0.3, 0.4) is 0 Å². The van der Waals surface area contributed by atoms with Crippen molar-refractivity contribution < 1.29 is 4.21 Å². The molecule has 1 aromatic carbocycles. The van der Waals surface area contributed by atoms with E-state index in [9.17, 15) is 4.21 Å². The van der Waals surface area contributed by atoms with Gasteiger partial charge in [0.15, 0.2) is 11.0 Å². The van der Waals surface area contributed by atoms with E-state index in [0.717, 1.165) is 9.90 Å². The van der Waals surface area contributed by atoms with Gasteiger partial charge in [-0.1, -0.05) is 24.3 Å². The molecular formula is C10H9NOS2. The van der Waals surface area contributed by atoms with Crippen molar-refractivity contribution in [3.05, 3.63) is 47.8 Å². The van der Waals surface area contributed by atoms with Crippen LogP contribution in [-0.4, -0.2) is 4.21 Å². The predicted molar refractivity (Wildman–Crippen MR) is 60.8 cm³/mol. The number of hydrogen-bond acceptors (Lipinski definition) is 2. The molecule has 0 saturated carbocycles. The van der Waals surface area contributed by atoms with E-state index >= 15 is 0 Å². The van der Waals surface area contributed by atoms with E-state index in [1.807, 2.05) is 47.8 Å². The zero-order valence-corrected chi connectivity index (χ0v) is 8.98. The highest BCUT2D eigenvalue weighted by Gasteiger charge is 2.03. The highest BCUT2D eigenvalue weighted by atomic mass is 32.2. The number of hydrogen-bond donors (Lipinski definition) is 1. The average molecular weight is 223 g/mol. The second-order valence-corrected chi connectivity index (χ2v) is 5.06. The lowest BCUT2D eigenvalue weighted by atomic mass is 10.3. The third-order valence-electron chi connectivity index (χ3n) is 1.66. The van der Waals surface area contributed by atoms with Crippen LogP contribution in [0, 0.1) is 0 Å². The quantitative estimate of drug-likeness (QED) is 0.851. The highest BCUT2D eigenvalue weighted by molar-refractivity contribution is 7.88. The molecule has 2 nitrogen and oxygen atoms in total. The monoisotopic (exact) mass is 223 g/mol. The Labute approximate surface area is 89.2 Å². The normalized spacial score (nSPS) is 12.3. The Morgan fingerprint density at radius 1 is 1.07 bits per heavy atom. The Kier molecular flexibility index (Phi) is 2.96. The zero-order chi connectivity index (χ0) is 9.80. The van der Waals surface area contributed by atoms with Crippen molar-refractivity contribution in [2.24, 2.45) is 0 Å². The largest absolute Gasteiger partial charge is 0.300 e. The van der Waals surface area contributed by atoms with Crippen LogP contribution in [0.5, 0.6) is 0 Å². The number of rotatable bonds is 3. The molecule has 0 aliphatic carbocycles. The number of para-hydroxylation sites is 1. The molecule has 4 heteroatoms. The summed E-state index contributed by atoms with van der Waals surface area (Å²) in [6.07, 6.45) is 0. The molecule has 2 rings (SSSR count). The summed E-state index contributed by atoms with van der Waals surface area (Å²) in [6, 6.07) is 13.3. The lowest BCUT2D eigenvalue weighted by Gasteiger charge is -2.02. The second kappa shape index (κ2) is 4.39. The summed E-state index contributed by atoms with van der Waals surface area (Å²) in [5.41, 5.74) is 0.874. The van der Waals surface area contributed by atoms with Crippen LogP contribution in [0.4, 0.5) is 5.69 Å². The molecule has 2 aromatic rings. The molecule has 0 aliphatic heterocycles. The molecular weight excluding hydrogens is 214 g/mol. The molecule has 0 saturated heterocycles. The molecule has 14 heavy (non-hydrogen) atoms. The van der Waals surface area contributed by atoms with E-state index < -0.39 is 11.0 Å². The molecule has 0 spiro atoms. The van der Waals surface area contributed by atoms with Crippen molar-refractivity contribution in [1.29, 1.82) is 0 Å². The lowest BCUT2D eigenvalue weighted by molar-refractivity contribution is 0.687. The summed E-state index contributed by atoms with van der Waals surface area (Å²) in [5, 5.41) is 1.92. The molecule has 1 aromatic heterocycles. The van der Waals surface area contributed by atoms with Gasteiger partial charge in [-0.25, -0.2) is 4.21 Å². The van der Waals surface area contributed by atoms with Crippen molar-refractivity contribution in [3.63, 3.8) is 0 Å². The van der Waals surface area contributed by atoms with Gasteiger partial charge in [-0.15, -0.1) is 11.3 Å². The van der Waals surface area contributed by atoms with Gasteiger partial charge in [0.25, 0.3) is 0 Å². The van der Waals surface area contributed by atoms with Crippen LogP contribution in [0.15, 0.2) is 52.1 Å². The van der Waals surface area contributed by atoms with Crippen LogP contribution < -0.4 is 4.72 Å². The molecule has 0 fully saturated rings. The first-order chi connectivity index (χ1) is 6.86. The van der Waals surface area contributed by atoms with Gasteiger partial charge in [0.2, 0.25) is 0 Å². The number of benzene rings is 1. The smallest absolute Gasteiger partial charge is 0.160 e. The Hall–Kier alpha value is -1.13. The van der Waals surface area contributed by atoms with Crippen molar-refractivity contribution in [3.8, 4) is 0 Å². The van der Waals surface area contributed by atoms with Crippen LogP contribution in [-0.2, 0) is 11.0 Å². The lowest BCUT2D eigenvalue weighted by Crippen LogP contribution is -2.02. The number of nitrogens with one attached hydrogen (secondary N) is 1. The maximum Gasteiger partial charge on any atom is 0.160 e. The van der Waals surface area contributed by atoms with Gasteiger partial charge < -0.3 is 4.72 Å². The molecule has 0 bridgehead atoms. The van der Waals surface area contributed by atoms with Crippen LogP contribution >= 0.6 is 11.3 Å². The van der Waals surface area contributed by atoms with Gasteiger partial charge >= 0.3 is 0 Å². The van der Waals surface area contributed by atoms with E-state index in [4.69, 9.17) is 0 Å². The van der Waals surface area contributed by atoms with Crippen molar-refractivity contribution in [2.45, 2.75) is 4.21 Å². The van der Waals surface area contributed by atoms with E-state index in [2.05, 4.69) is 4.72 Å². The maximum absolute atomic E-state index is 11.7. The molecule has 1 atom stereocenters. The van der Waals surface area contributed by atoms with Crippen molar-refractivity contribution >= 4 is 28.0 Å². The average Bonchev–Trinajstić information content (AvgIpc) is 2.72. The Bertz CT molecular complexity index is 411. The van der Waals surface area contributed by atoms with Crippen LogP contribution in [0.1, 0.15) is 0 Å². The molecule has 0 unspecified atom stereocenters. The van der Waals surface area contributed by atoms with Gasteiger partial charge in [0.05, 0.1) is 0 Å². The number of anilines is 1. The second-order valence-electron chi connectivity index (χ2n) is 2.67. The summed E-state index contributed by atoms with van der Waals surface area (Å²) < 4.78 is 15.5. The minimum atomic E-state index is -1.13. The third-order valence-corrected chi connectivity index (χ3v) is 3.99. The van der Waals surface area contributed by atoms with Crippen LogP contribution in [0.2, 0.25) is 0 Å². The van der Waals surface area contributed by atoms with E-state index in [1.54, 1.807) is 0 Å². The third kappa shape index (κ3) is 2.21. The predicted octanol–water partition coefficient (Wildman–Crippen LogP) is 2.88. The van der Waals surface area contributed by atoms with Gasteiger partial charge in [-0.2, -0.15) is 0 Å². The first-order valence-corrected chi connectivity index (χ1v) is 6.16. The minimum Gasteiger partial charge on any atom is -0.300 e. The molecule has 72 valence electrons. The van der Waals surface area contributed by atoms with Gasteiger partial charge in [-0.3, -0.25) is 0 Å². The van der Waals surface area contributed by atoms with Crippen LogP contribution in [0.25, 0.3) is 0 Å². The number of thiophene rings is 1. The van der Waals surface area contributed by atoms with E-state index in [1.165, 1.54) is 11.3 Å². The highest BCUT2D eigenvalue weighted by Crippen LogP contribution is 2.16. The fourth-order valence-electron chi connectivity index (χ4n) is 1.03. The van der Waals surface area contributed by atoms with Gasteiger partial charge in [0.1, 0.15) is 4.21 Å². The fourth-order valence-corrected chi connectivity index (χ4v) is 2.78. The van der Waals surface area contributed by atoms with Gasteiger partial charge in [-0.05, 0) is 23.6 Å². The standard InChI is InChI=1S/C10H9NOS2/c12-14(10-7-4-8-13-10)11-9-5-2-1-3-6-9/h1-8,11H/t14-/m1/s1. The van der Waals surface area contributed by atoms with Crippen molar-refractivity contribution in [1.82, 2.24) is 0 Å². The summed E-state index contributed by atoms with van der Waals surface area (Å²) >= 11 is 1.49. The first kappa shape index (κ1) is 9.43. The maximum atomic E-state index is 11.7. The van der Waals surface area contributed by atoms with E-state index in [0.29, 0.717) is 0 Å². The summed E-state index contributed by atoms with van der Waals surface area (Å²) in [5.74, 6) is 0. The van der Waals surface area contributed by atoms with Crippen molar-refractivity contribution in [2.75, 3.05) is 4.72 Å². The Morgan fingerprint density at radius 2 is 1.86 bits per heavy atom. The molecule has 0 amide bonds. The fraction of sp³-hybridized carbons (Fsp3) is 0. The zero-order valence-electron chi connectivity index (χ0n) is 7.34. The molecule has 1 heterocycles. The topological polar surface area (TPSA) is 29.1 Å². The molecule has 0 radical (unpaired) electrons. The Morgan fingerprint density at radius 3 is 2.50 bits per heavy atom.